The average Bonchev–Trinajstić information content (AvgIpc) is 3.64. The van der Waals surface area contributed by atoms with Crippen LogP contribution in [0.2, 0.25) is 0 Å². The minimum atomic E-state index is 0.981. The van der Waals surface area contributed by atoms with Gasteiger partial charge in [-0.3, -0.25) is 9.97 Å². The van der Waals surface area contributed by atoms with E-state index in [9.17, 15) is 0 Å². The molecule has 10 aromatic rings. The van der Waals surface area contributed by atoms with Gasteiger partial charge in [0.25, 0.3) is 0 Å². The molecule has 0 atom stereocenters. The van der Waals surface area contributed by atoms with E-state index in [0.717, 1.165) is 44.2 Å². The number of aromatic nitrogens is 4. The van der Waals surface area contributed by atoms with Crippen LogP contribution in [0.15, 0.2) is 158 Å². The molecule has 0 aliphatic heterocycles. The standard InChI is InChI=1S/C42H26N4/c1-5-15-38-32(11-1)33-12-2-6-16-39(33)45(38)29-19-20-31-28(22-29)23-36(27-10-9-21-43-25-27)37-24-30(26-44-42(31)37)46-40-17-7-3-13-34(40)35-14-4-8-18-41(35)46/h1-26H. The van der Waals surface area contributed by atoms with E-state index < -0.39 is 0 Å². The third-order valence-corrected chi connectivity index (χ3v) is 9.40. The van der Waals surface area contributed by atoms with E-state index in [1.165, 1.54) is 43.6 Å². The van der Waals surface area contributed by atoms with Crippen LogP contribution in [0.4, 0.5) is 0 Å². The summed E-state index contributed by atoms with van der Waals surface area (Å²) >= 11 is 0. The summed E-state index contributed by atoms with van der Waals surface area (Å²) in [6, 6.07) is 50.0. The quantitative estimate of drug-likeness (QED) is 0.193. The van der Waals surface area contributed by atoms with E-state index in [1.807, 2.05) is 24.7 Å². The summed E-state index contributed by atoms with van der Waals surface area (Å²) < 4.78 is 4.70. The molecule has 0 radical (unpaired) electrons. The van der Waals surface area contributed by atoms with Crippen molar-refractivity contribution < 1.29 is 0 Å². The van der Waals surface area contributed by atoms with Crippen molar-refractivity contribution >= 4 is 65.3 Å². The molecule has 0 amide bonds. The number of nitrogens with zero attached hydrogens (tertiary/aromatic N) is 4. The van der Waals surface area contributed by atoms with Crippen molar-refractivity contribution in [1.82, 2.24) is 19.1 Å². The number of hydrogen-bond acceptors (Lipinski definition) is 2. The predicted molar refractivity (Wildman–Crippen MR) is 191 cm³/mol. The second-order valence-electron chi connectivity index (χ2n) is 11.9. The first-order valence-electron chi connectivity index (χ1n) is 15.6. The Morgan fingerprint density at radius 1 is 0.413 bits per heavy atom. The number of rotatable bonds is 3. The van der Waals surface area contributed by atoms with Gasteiger partial charge in [0.2, 0.25) is 0 Å². The van der Waals surface area contributed by atoms with Crippen LogP contribution in [0, 0.1) is 0 Å². The summed E-state index contributed by atoms with van der Waals surface area (Å²) in [7, 11) is 0. The van der Waals surface area contributed by atoms with Crippen molar-refractivity contribution in [1.29, 1.82) is 0 Å². The van der Waals surface area contributed by atoms with E-state index in [1.54, 1.807) is 0 Å². The number of fused-ring (bicyclic) bond motifs is 9. The molecule has 0 aliphatic carbocycles. The van der Waals surface area contributed by atoms with Crippen molar-refractivity contribution in [2.45, 2.75) is 0 Å². The van der Waals surface area contributed by atoms with E-state index in [0.29, 0.717) is 0 Å². The van der Waals surface area contributed by atoms with Crippen LogP contribution in [-0.4, -0.2) is 19.1 Å². The summed E-state index contributed by atoms with van der Waals surface area (Å²) in [6.07, 6.45) is 5.80. The maximum atomic E-state index is 5.21. The molecule has 0 N–H and O–H groups in total. The summed E-state index contributed by atoms with van der Waals surface area (Å²) in [6.45, 7) is 0. The summed E-state index contributed by atoms with van der Waals surface area (Å²) in [5.74, 6) is 0. The first kappa shape index (κ1) is 25.1. The van der Waals surface area contributed by atoms with Gasteiger partial charge in [0.05, 0.1) is 39.5 Å². The Bertz CT molecular complexity index is 2700. The van der Waals surface area contributed by atoms with E-state index in [4.69, 9.17) is 4.98 Å². The highest BCUT2D eigenvalue weighted by atomic mass is 15.0. The molecule has 0 aliphatic rings. The molecule has 214 valence electrons. The molecule has 10 rings (SSSR count). The van der Waals surface area contributed by atoms with Gasteiger partial charge in [0.1, 0.15) is 0 Å². The number of hydrogen-bond donors (Lipinski definition) is 0. The van der Waals surface area contributed by atoms with Gasteiger partial charge in [0.15, 0.2) is 0 Å². The molecule has 6 aromatic carbocycles. The Kier molecular flexibility index (Phi) is 5.25. The van der Waals surface area contributed by atoms with Crippen LogP contribution in [0.3, 0.4) is 0 Å². The highest BCUT2D eigenvalue weighted by Gasteiger charge is 2.17. The number of benzene rings is 6. The van der Waals surface area contributed by atoms with E-state index in [-0.39, 0.29) is 0 Å². The van der Waals surface area contributed by atoms with Crippen molar-refractivity contribution in [3.8, 4) is 22.5 Å². The Hall–Kier alpha value is -6.26. The molecule has 4 aromatic heterocycles. The lowest BCUT2D eigenvalue weighted by atomic mass is 9.96. The SMILES string of the molecule is c1cncc(-c2cc3cc(-n4c5ccccc5c5ccccc54)ccc3c3ncc(-n4c5ccccc5c5ccccc54)cc23)c1. The maximum absolute atomic E-state index is 5.21. The van der Waals surface area contributed by atoms with Crippen LogP contribution >= 0.6 is 0 Å². The monoisotopic (exact) mass is 586 g/mol. The summed E-state index contributed by atoms with van der Waals surface area (Å²) in [4.78, 5) is 9.71. The van der Waals surface area contributed by atoms with Crippen molar-refractivity contribution in [2.75, 3.05) is 0 Å². The molecule has 0 fully saturated rings. The van der Waals surface area contributed by atoms with Crippen LogP contribution in [0.25, 0.3) is 87.8 Å². The van der Waals surface area contributed by atoms with Crippen molar-refractivity contribution in [2.24, 2.45) is 0 Å². The smallest absolute Gasteiger partial charge is 0.0788 e. The van der Waals surface area contributed by atoms with Crippen LogP contribution in [0.5, 0.6) is 0 Å². The Morgan fingerprint density at radius 3 is 1.54 bits per heavy atom. The molecule has 0 saturated heterocycles. The topological polar surface area (TPSA) is 35.6 Å². The number of para-hydroxylation sites is 4. The zero-order valence-corrected chi connectivity index (χ0v) is 24.8. The lowest BCUT2D eigenvalue weighted by molar-refractivity contribution is 1.16. The molecule has 4 heterocycles. The highest BCUT2D eigenvalue weighted by Crippen LogP contribution is 2.39. The Balaban J connectivity index is 1.26. The molecule has 46 heavy (non-hydrogen) atoms. The molecular formula is C42H26N4. The van der Waals surface area contributed by atoms with Crippen LogP contribution in [0.1, 0.15) is 0 Å². The van der Waals surface area contributed by atoms with Crippen molar-refractivity contribution in [3.63, 3.8) is 0 Å². The van der Waals surface area contributed by atoms with Gasteiger partial charge < -0.3 is 9.13 Å². The zero-order valence-electron chi connectivity index (χ0n) is 24.8. The fraction of sp³-hybridized carbons (Fsp3) is 0. The third kappa shape index (κ3) is 3.55. The molecule has 0 spiro atoms. The minimum Gasteiger partial charge on any atom is -0.309 e. The fourth-order valence-electron chi connectivity index (χ4n) is 7.42. The van der Waals surface area contributed by atoms with Gasteiger partial charge in [-0.2, -0.15) is 0 Å². The molecule has 0 bridgehead atoms. The van der Waals surface area contributed by atoms with Gasteiger partial charge in [-0.1, -0.05) is 84.9 Å². The van der Waals surface area contributed by atoms with Gasteiger partial charge in [-0.25, -0.2) is 0 Å². The average molecular weight is 587 g/mol. The molecule has 4 nitrogen and oxygen atoms in total. The molecule has 0 saturated carbocycles. The van der Waals surface area contributed by atoms with Gasteiger partial charge in [-0.05, 0) is 65.5 Å². The second-order valence-corrected chi connectivity index (χ2v) is 11.9. The molecular weight excluding hydrogens is 560 g/mol. The van der Waals surface area contributed by atoms with Gasteiger partial charge in [0, 0.05) is 56.0 Å². The van der Waals surface area contributed by atoms with Crippen molar-refractivity contribution in [3.05, 3.63) is 158 Å². The summed E-state index contributed by atoms with van der Waals surface area (Å²) in [5, 5.41) is 8.36. The van der Waals surface area contributed by atoms with E-state index >= 15 is 0 Å². The largest absolute Gasteiger partial charge is 0.309 e. The van der Waals surface area contributed by atoms with Crippen LogP contribution < -0.4 is 0 Å². The first-order chi connectivity index (χ1) is 22.8. The Labute approximate surface area is 264 Å². The fourth-order valence-corrected chi connectivity index (χ4v) is 7.42. The molecule has 0 unspecified atom stereocenters. The van der Waals surface area contributed by atoms with E-state index in [2.05, 4.69) is 148 Å². The maximum Gasteiger partial charge on any atom is 0.0788 e. The summed E-state index contributed by atoms with van der Waals surface area (Å²) in [5.41, 5.74) is 10.1. The normalized spacial score (nSPS) is 11.9. The third-order valence-electron chi connectivity index (χ3n) is 9.40. The predicted octanol–water partition coefficient (Wildman–Crippen LogP) is 10.6. The van der Waals surface area contributed by atoms with Gasteiger partial charge in [-0.15, -0.1) is 0 Å². The highest BCUT2D eigenvalue weighted by molar-refractivity contribution is 6.14. The zero-order chi connectivity index (χ0) is 30.2. The number of pyridine rings is 2. The Morgan fingerprint density at radius 2 is 0.978 bits per heavy atom. The van der Waals surface area contributed by atoms with Gasteiger partial charge >= 0.3 is 0 Å². The minimum absolute atomic E-state index is 0.981. The van der Waals surface area contributed by atoms with Crippen LogP contribution in [-0.2, 0) is 0 Å². The molecule has 4 heteroatoms. The lowest BCUT2D eigenvalue weighted by Gasteiger charge is -2.15. The lowest BCUT2D eigenvalue weighted by Crippen LogP contribution is -1.97. The second kappa shape index (κ2) is 9.62. The first-order valence-corrected chi connectivity index (χ1v) is 15.6.